The van der Waals surface area contributed by atoms with E-state index in [0.29, 0.717) is 0 Å². The van der Waals surface area contributed by atoms with Crippen molar-refractivity contribution in [1.29, 1.82) is 0 Å². The van der Waals surface area contributed by atoms with Crippen LogP contribution in [0.2, 0.25) is 0 Å². The van der Waals surface area contributed by atoms with E-state index in [1.54, 1.807) is 6.08 Å². The summed E-state index contributed by atoms with van der Waals surface area (Å²) in [6, 6.07) is 0. The third-order valence-electron chi connectivity index (χ3n) is 2.19. The number of aliphatic carboxylic acids is 2. The molecule has 2 N–H and O–H groups in total. The zero-order valence-electron chi connectivity index (χ0n) is 9.69. The molecule has 0 atom stereocenters. The molecule has 0 spiro atoms. The lowest BCUT2D eigenvalue weighted by Gasteiger charge is -1.99. The average molecular weight is 226 g/mol. The predicted molar refractivity (Wildman–Crippen MR) is 61.3 cm³/mol. The van der Waals surface area contributed by atoms with Crippen LogP contribution in [0, 0.1) is 0 Å². The highest BCUT2D eigenvalue weighted by molar-refractivity contribution is 5.88. The summed E-state index contributed by atoms with van der Waals surface area (Å²) in [6.07, 6.45) is 5.92. The number of carboxylic acid groups (broad SMARTS) is 2. The lowest BCUT2D eigenvalue weighted by molar-refractivity contribution is -0.133. The van der Waals surface area contributed by atoms with Gasteiger partial charge in [0.15, 0.2) is 0 Å². The summed E-state index contributed by atoms with van der Waals surface area (Å²) >= 11 is 0. The summed E-state index contributed by atoms with van der Waals surface area (Å²) in [5, 5.41) is 17.5. The maximum atomic E-state index is 10.8. The Morgan fingerprint density at radius 1 is 1.12 bits per heavy atom. The largest absolute Gasteiger partial charge is 0.478 e. The molecule has 0 aliphatic carbocycles. The second-order valence-electron chi connectivity index (χ2n) is 3.57. The van der Waals surface area contributed by atoms with Crippen LogP contribution in [0.1, 0.15) is 39.5 Å². The second kappa shape index (κ2) is 7.68. The van der Waals surface area contributed by atoms with Crippen molar-refractivity contribution in [2.24, 2.45) is 0 Å². The Bertz CT molecular complexity index is 313. The van der Waals surface area contributed by atoms with E-state index in [-0.39, 0.29) is 17.6 Å². The number of hydrogen-bond donors (Lipinski definition) is 2. The monoisotopic (exact) mass is 226 g/mol. The topological polar surface area (TPSA) is 74.6 Å². The number of rotatable bonds is 7. The SMILES string of the molecule is CCCCC=C(CC=C(C)C(=O)O)C(=O)O. The summed E-state index contributed by atoms with van der Waals surface area (Å²) in [4.78, 5) is 21.3. The molecule has 0 bridgehead atoms. The highest BCUT2D eigenvalue weighted by Crippen LogP contribution is 2.09. The Hall–Kier alpha value is -1.58. The number of carboxylic acids is 2. The summed E-state index contributed by atoms with van der Waals surface area (Å²) < 4.78 is 0. The average Bonchev–Trinajstić information content (AvgIpc) is 2.21. The van der Waals surface area contributed by atoms with Gasteiger partial charge in [0.25, 0.3) is 0 Å². The quantitative estimate of drug-likeness (QED) is 0.517. The number of unbranched alkanes of at least 4 members (excludes halogenated alkanes) is 2. The van der Waals surface area contributed by atoms with Crippen molar-refractivity contribution in [3.8, 4) is 0 Å². The fourth-order valence-electron chi connectivity index (χ4n) is 1.09. The van der Waals surface area contributed by atoms with E-state index < -0.39 is 11.9 Å². The van der Waals surface area contributed by atoms with Crippen LogP contribution in [0.25, 0.3) is 0 Å². The van der Waals surface area contributed by atoms with Gasteiger partial charge in [-0.1, -0.05) is 31.9 Å². The van der Waals surface area contributed by atoms with Gasteiger partial charge < -0.3 is 10.2 Å². The van der Waals surface area contributed by atoms with Gasteiger partial charge in [-0.05, 0) is 19.8 Å². The van der Waals surface area contributed by atoms with Gasteiger partial charge in [-0.25, -0.2) is 9.59 Å². The van der Waals surface area contributed by atoms with Crippen molar-refractivity contribution in [1.82, 2.24) is 0 Å². The van der Waals surface area contributed by atoms with E-state index in [9.17, 15) is 9.59 Å². The van der Waals surface area contributed by atoms with Crippen molar-refractivity contribution < 1.29 is 19.8 Å². The molecular formula is C12H18O4. The highest BCUT2D eigenvalue weighted by Gasteiger charge is 2.06. The first kappa shape index (κ1) is 14.4. The molecule has 4 nitrogen and oxygen atoms in total. The molecule has 0 saturated heterocycles. The summed E-state index contributed by atoms with van der Waals surface area (Å²) in [5.41, 5.74) is 0.427. The van der Waals surface area contributed by atoms with Gasteiger partial charge >= 0.3 is 11.9 Å². The normalized spacial score (nSPS) is 12.6. The third-order valence-corrected chi connectivity index (χ3v) is 2.19. The van der Waals surface area contributed by atoms with E-state index in [2.05, 4.69) is 0 Å². The first-order valence-corrected chi connectivity index (χ1v) is 5.31. The molecule has 0 aliphatic heterocycles. The molecule has 0 aromatic heterocycles. The van der Waals surface area contributed by atoms with Crippen molar-refractivity contribution in [2.75, 3.05) is 0 Å². The van der Waals surface area contributed by atoms with E-state index in [4.69, 9.17) is 10.2 Å². The maximum absolute atomic E-state index is 10.8. The minimum atomic E-state index is -1.02. The van der Waals surface area contributed by atoms with Crippen molar-refractivity contribution in [3.63, 3.8) is 0 Å². The van der Waals surface area contributed by atoms with Gasteiger partial charge in [0.2, 0.25) is 0 Å². The minimum absolute atomic E-state index is 0.164. The first-order chi connectivity index (χ1) is 7.49. The summed E-state index contributed by atoms with van der Waals surface area (Å²) in [5.74, 6) is -2.00. The van der Waals surface area contributed by atoms with Crippen LogP contribution in [-0.4, -0.2) is 22.2 Å². The Morgan fingerprint density at radius 2 is 1.75 bits per heavy atom. The van der Waals surface area contributed by atoms with Gasteiger partial charge in [0, 0.05) is 11.1 Å². The molecule has 0 aliphatic rings. The van der Waals surface area contributed by atoms with Crippen LogP contribution in [0.5, 0.6) is 0 Å². The van der Waals surface area contributed by atoms with Crippen LogP contribution in [0.15, 0.2) is 23.3 Å². The van der Waals surface area contributed by atoms with E-state index in [1.165, 1.54) is 13.0 Å². The Morgan fingerprint density at radius 3 is 2.19 bits per heavy atom. The van der Waals surface area contributed by atoms with Crippen LogP contribution >= 0.6 is 0 Å². The molecule has 0 heterocycles. The molecule has 0 unspecified atom stereocenters. The van der Waals surface area contributed by atoms with E-state index >= 15 is 0 Å². The molecule has 4 heteroatoms. The lowest BCUT2D eigenvalue weighted by Crippen LogP contribution is -2.01. The predicted octanol–water partition coefficient (Wildman–Crippen LogP) is 2.61. The summed E-state index contributed by atoms with van der Waals surface area (Å²) in [6.45, 7) is 3.48. The number of carbonyl (C=O) groups is 2. The zero-order valence-corrected chi connectivity index (χ0v) is 9.69. The van der Waals surface area contributed by atoms with Crippen LogP contribution in [0.3, 0.4) is 0 Å². The molecule has 0 aromatic rings. The van der Waals surface area contributed by atoms with E-state index in [0.717, 1.165) is 19.3 Å². The van der Waals surface area contributed by atoms with Gasteiger partial charge in [0.1, 0.15) is 0 Å². The van der Waals surface area contributed by atoms with Crippen molar-refractivity contribution in [3.05, 3.63) is 23.3 Å². The lowest BCUT2D eigenvalue weighted by atomic mass is 10.1. The highest BCUT2D eigenvalue weighted by atomic mass is 16.4. The maximum Gasteiger partial charge on any atom is 0.331 e. The standard InChI is InChI=1S/C12H18O4/c1-3-4-5-6-10(12(15)16)8-7-9(2)11(13)14/h6-7H,3-5,8H2,1-2H3,(H,13,14)(H,15,16). The van der Waals surface area contributed by atoms with Crippen molar-refractivity contribution in [2.45, 2.75) is 39.5 Å². The van der Waals surface area contributed by atoms with Crippen LogP contribution < -0.4 is 0 Å². The molecule has 0 fully saturated rings. The molecule has 0 radical (unpaired) electrons. The van der Waals surface area contributed by atoms with E-state index in [1.807, 2.05) is 6.92 Å². The molecular weight excluding hydrogens is 208 g/mol. The third kappa shape index (κ3) is 6.01. The minimum Gasteiger partial charge on any atom is -0.478 e. The molecule has 0 rings (SSSR count). The number of allylic oxidation sites excluding steroid dienone is 2. The summed E-state index contributed by atoms with van der Waals surface area (Å²) in [7, 11) is 0. The van der Waals surface area contributed by atoms with Gasteiger partial charge in [-0.15, -0.1) is 0 Å². The van der Waals surface area contributed by atoms with Gasteiger partial charge in [-0.3, -0.25) is 0 Å². The Labute approximate surface area is 95.3 Å². The first-order valence-electron chi connectivity index (χ1n) is 5.31. The molecule has 0 amide bonds. The molecule has 0 aromatic carbocycles. The Kier molecular flexibility index (Phi) is 6.92. The Balaban J connectivity index is 4.46. The molecule has 0 saturated carbocycles. The fraction of sp³-hybridized carbons (Fsp3) is 0.500. The van der Waals surface area contributed by atoms with Crippen LogP contribution in [-0.2, 0) is 9.59 Å². The fourth-order valence-corrected chi connectivity index (χ4v) is 1.09. The smallest absolute Gasteiger partial charge is 0.331 e. The zero-order chi connectivity index (χ0) is 12.6. The second-order valence-corrected chi connectivity index (χ2v) is 3.57. The number of hydrogen-bond acceptors (Lipinski definition) is 2. The molecule has 16 heavy (non-hydrogen) atoms. The van der Waals surface area contributed by atoms with Crippen LogP contribution in [0.4, 0.5) is 0 Å². The molecule has 90 valence electrons. The van der Waals surface area contributed by atoms with Crippen molar-refractivity contribution >= 4 is 11.9 Å². The van der Waals surface area contributed by atoms with Gasteiger partial charge in [0.05, 0.1) is 0 Å². The van der Waals surface area contributed by atoms with Gasteiger partial charge in [-0.2, -0.15) is 0 Å².